The van der Waals surface area contributed by atoms with Crippen LogP contribution in [-0.4, -0.2) is 60.3 Å². The predicted octanol–water partition coefficient (Wildman–Crippen LogP) is 4.12. The van der Waals surface area contributed by atoms with Crippen molar-refractivity contribution in [2.24, 2.45) is 5.92 Å². The fourth-order valence-corrected chi connectivity index (χ4v) is 5.93. The maximum atomic E-state index is 12.8. The highest BCUT2D eigenvalue weighted by molar-refractivity contribution is 6.31. The number of fused-ring (bicyclic) bond motifs is 2. The number of halogens is 1. The summed E-state index contributed by atoms with van der Waals surface area (Å²) in [6.07, 6.45) is 3.53. The van der Waals surface area contributed by atoms with Crippen molar-refractivity contribution in [1.82, 2.24) is 15.6 Å². The van der Waals surface area contributed by atoms with E-state index in [0.717, 1.165) is 48.9 Å². The molecule has 2 aliphatic heterocycles. The van der Waals surface area contributed by atoms with Crippen LogP contribution in [0.3, 0.4) is 0 Å². The second kappa shape index (κ2) is 12.1. The van der Waals surface area contributed by atoms with E-state index < -0.39 is 18.2 Å². The third-order valence-electron chi connectivity index (χ3n) is 8.15. The van der Waals surface area contributed by atoms with E-state index in [9.17, 15) is 9.90 Å². The first-order valence-electron chi connectivity index (χ1n) is 14.2. The Morgan fingerprint density at radius 3 is 2.67 bits per heavy atom. The van der Waals surface area contributed by atoms with Crippen LogP contribution in [0.1, 0.15) is 69.3 Å². The van der Waals surface area contributed by atoms with Crippen molar-refractivity contribution in [1.29, 1.82) is 0 Å². The minimum atomic E-state index is -0.880. The van der Waals surface area contributed by atoms with Gasteiger partial charge in [0.05, 0.1) is 12.1 Å². The molecule has 3 N–H and O–H groups in total. The van der Waals surface area contributed by atoms with Gasteiger partial charge >= 0.3 is 0 Å². The van der Waals surface area contributed by atoms with Gasteiger partial charge in [0, 0.05) is 37.4 Å². The molecule has 3 aliphatic rings. The third kappa shape index (κ3) is 6.33. The van der Waals surface area contributed by atoms with Gasteiger partial charge in [0.2, 0.25) is 12.7 Å². The van der Waals surface area contributed by atoms with E-state index in [2.05, 4.69) is 35.5 Å². The van der Waals surface area contributed by atoms with Gasteiger partial charge in [-0.05, 0) is 68.7 Å². The number of hydrogen-bond acceptors (Lipinski definition) is 8. The number of carbonyl (C=O) groups excluding carboxylic acids is 1. The first-order valence-corrected chi connectivity index (χ1v) is 14.6. The van der Waals surface area contributed by atoms with Crippen molar-refractivity contribution in [2.75, 3.05) is 20.4 Å². The molecule has 1 amide bonds. The second-order valence-corrected chi connectivity index (χ2v) is 12.0. The normalized spacial score (nSPS) is 20.8. The van der Waals surface area contributed by atoms with Gasteiger partial charge in [-0.25, -0.2) is 4.98 Å². The third-order valence-corrected chi connectivity index (χ3v) is 8.40. The van der Waals surface area contributed by atoms with Crippen LogP contribution in [0.15, 0.2) is 24.3 Å². The number of nitrogens with zero attached hydrogens (tertiary/aromatic N) is 1. The molecule has 5 rings (SSSR count). The van der Waals surface area contributed by atoms with Crippen LogP contribution in [0.5, 0.6) is 17.2 Å². The summed E-state index contributed by atoms with van der Waals surface area (Å²) in [7, 11) is 1.49. The lowest BCUT2D eigenvalue weighted by Gasteiger charge is -2.48. The Hall–Kier alpha value is -2.59. The highest BCUT2D eigenvalue weighted by atomic mass is 35.5. The number of methoxy groups -OCH3 is 1. The van der Waals surface area contributed by atoms with Crippen molar-refractivity contribution in [3.05, 3.63) is 46.2 Å². The van der Waals surface area contributed by atoms with Gasteiger partial charge in [-0.15, -0.1) is 0 Å². The number of pyridine rings is 1. The summed E-state index contributed by atoms with van der Waals surface area (Å²) in [6, 6.07) is 7.12. The molecule has 0 bridgehead atoms. The summed E-state index contributed by atoms with van der Waals surface area (Å²) in [6.45, 7) is 6.43. The van der Waals surface area contributed by atoms with Crippen LogP contribution in [0.4, 0.5) is 0 Å². The fourth-order valence-electron chi connectivity index (χ4n) is 5.67. The Morgan fingerprint density at radius 1 is 1.20 bits per heavy atom. The van der Waals surface area contributed by atoms with Crippen molar-refractivity contribution < 1.29 is 28.8 Å². The zero-order valence-electron chi connectivity index (χ0n) is 23.7. The lowest BCUT2D eigenvalue weighted by atomic mass is 9.73. The van der Waals surface area contributed by atoms with Crippen LogP contribution in [-0.2, 0) is 22.4 Å². The topological polar surface area (TPSA) is 111 Å². The van der Waals surface area contributed by atoms with Gasteiger partial charge in [0.15, 0.2) is 22.4 Å². The Bertz CT molecular complexity index is 1220. The van der Waals surface area contributed by atoms with Crippen LogP contribution in [0.25, 0.3) is 0 Å². The molecule has 3 heterocycles. The maximum absolute atomic E-state index is 12.8. The number of aliphatic hydroxyl groups is 1. The van der Waals surface area contributed by atoms with Gasteiger partial charge in [-0.1, -0.05) is 31.5 Å². The summed E-state index contributed by atoms with van der Waals surface area (Å²) >= 11 is 6.66. The van der Waals surface area contributed by atoms with Crippen LogP contribution < -0.4 is 24.8 Å². The fraction of sp³-hybridized carbons (Fsp3) is 0.600. The summed E-state index contributed by atoms with van der Waals surface area (Å²) in [5, 5.41) is 18.4. The van der Waals surface area contributed by atoms with Gasteiger partial charge < -0.3 is 34.7 Å². The highest BCUT2D eigenvalue weighted by Crippen LogP contribution is 2.50. The van der Waals surface area contributed by atoms with E-state index >= 15 is 0 Å². The van der Waals surface area contributed by atoms with Crippen LogP contribution in [0.2, 0.25) is 5.15 Å². The average molecular weight is 574 g/mol. The molecule has 1 aromatic heterocycles. The zero-order valence-corrected chi connectivity index (χ0v) is 24.4. The van der Waals surface area contributed by atoms with Gasteiger partial charge in [-0.2, -0.15) is 0 Å². The average Bonchev–Trinajstić information content (AvgIpc) is 3.37. The number of aliphatic hydroxyl groups excluding tert-OH is 1. The molecule has 40 heavy (non-hydrogen) atoms. The van der Waals surface area contributed by atoms with Crippen LogP contribution >= 0.6 is 11.6 Å². The Kier molecular flexibility index (Phi) is 8.75. The summed E-state index contributed by atoms with van der Waals surface area (Å²) in [5.74, 6) is 2.15. The number of carbonyl (C=O) groups is 1. The molecule has 10 heteroatoms. The molecule has 1 saturated carbocycles. The Balaban J connectivity index is 1.35. The number of ether oxygens (including phenoxy) is 4. The number of hydrogen-bond donors (Lipinski definition) is 3. The van der Waals surface area contributed by atoms with E-state index in [0.29, 0.717) is 34.7 Å². The summed E-state index contributed by atoms with van der Waals surface area (Å²) < 4.78 is 22.6. The van der Waals surface area contributed by atoms with Crippen molar-refractivity contribution in [2.45, 2.75) is 89.2 Å². The van der Waals surface area contributed by atoms with Crippen LogP contribution in [0, 0.1) is 5.92 Å². The SMILES string of the molecule is CO[C@H](C)C(=O)N[C@@H](Cc1ccc2c(c1)OCO2)[C@@H](O)CN[C@H]1CC2(CCC2)Oc2c1cc(CC(C)C)nc2Cl. The molecule has 218 valence electrons. The van der Waals surface area contributed by atoms with E-state index in [4.69, 9.17) is 30.5 Å². The molecule has 0 radical (unpaired) electrons. The first kappa shape index (κ1) is 28.9. The lowest BCUT2D eigenvalue weighted by molar-refractivity contribution is -0.131. The second-order valence-electron chi connectivity index (χ2n) is 11.7. The number of aromatic nitrogens is 1. The molecule has 0 unspecified atom stereocenters. The minimum absolute atomic E-state index is 0.0649. The zero-order chi connectivity index (χ0) is 28.4. The minimum Gasteiger partial charge on any atom is -0.484 e. The molecule has 1 spiro atoms. The summed E-state index contributed by atoms with van der Waals surface area (Å²) in [5.41, 5.74) is 2.57. The maximum Gasteiger partial charge on any atom is 0.249 e. The van der Waals surface area contributed by atoms with E-state index in [1.807, 2.05) is 18.2 Å². The quantitative estimate of drug-likeness (QED) is 0.344. The highest BCUT2D eigenvalue weighted by Gasteiger charge is 2.46. The number of amides is 1. The predicted molar refractivity (Wildman–Crippen MR) is 151 cm³/mol. The van der Waals surface area contributed by atoms with Gasteiger partial charge in [-0.3, -0.25) is 4.79 Å². The first-order chi connectivity index (χ1) is 19.2. The smallest absolute Gasteiger partial charge is 0.249 e. The molecule has 9 nitrogen and oxygen atoms in total. The number of nitrogens with one attached hydrogen (secondary N) is 2. The van der Waals surface area contributed by atoms with Crippen molar-refractivity contribution >= 4 is 17.5 Å². The molecule has 1 aliphatic carbocycles. The van der Waals surface area contributed by atoms with E-state index in [1.165, 1.54) is 7.11 Å². The van der Waals surface area contributed by atoms with Crippen molar-refractivity contribution in [3.8, 4) is 17.2 Å². The molecule has 2 aromatic rings. The number of rotatable bonds is 11. The molecule has 1 aromatic carbocycles. The molecule has 0 saturated heterocycles. The standard InChI is InChI=1S/C30H40ClN3O6/c1-17(2)10-20-13-21-23(14-30(8-5-9-30)40-27(21)28(31)33-20)32-15-24(35)22(34-29(36)18(3)37-4)11-19-6-7-25-26(12-19)39-16-38-25/h6-7,12-13,17-18,22-24,32,35H,5,8-11,14-16H2,1-4H3,(H,34,36)/t18-,22+,23+,24+/m1/s1. The summed E-state index contributed by atoms with van der Waals surface area (Å²) in [4.78, 5) is 17.4. The number of benzene rings is 1. The monoisotopic (exact) mass is 573 g/mol. The molecule has 1 fully saturated rings. The van der Waals surface area contributed by atoms with E-state index in [1.54, 1.807) is 6.92 Å². The Morgan fingerprint density at radius 2 is 1.98 bits per heavy atom. The molecular formula is C30H40ClN3O6. The molecular weight excluding hydrogens is 534 g/mol. The lowest BCUT2D eigenvalue weighted by Crippen LogP contribution is -2.53. The largest absolute Gasteiger partial charge is 0.484 e. The van der Waals surface area contributed by atoms with Crippen molar-refractivity contribution in [3.63, 3.8) is 0 Å². The van der Waals surface area contributed by atoms with Gasteiger partial charge in [0.1, 0.15) is 11.7 Å². The molecule has 4 atom stereocenters. The van der Waals surface area contributed by atoms with Gasteiger partial charge in [0.25, 0.3) is 0 Å². The Labute approximate surface area is 240 Å². The van der Waals surface area contributed by atoms with E-state index in [-0.39, 0.29) is 30.9 Å².